The Morgan fingerprint density at radius 2 is 1.08 bits per heavy atom. The van der Waals surface area contributed by atoms with E-state index in [1.165, 1.54) is 116 Å². The molecule has 9 aromatic carbocycles. The van der Waals surface area contributed by atoms with Crippen LogP contribution in [0.15, 0.2) is 318 Å². The maximum absolute atomic E-state index is 4.64. The van der Waals surface area contributed by atoms with Crippen molar-refractivity contribution in [3.63, 3.8) is 0 Å². The number of anilines is 1. The van der Waals surface area contributed by atoms with Gasteiger partial charge < -0.3 is 29.3 Å². The third-order valence-electron chi connectivity index (χ3n) is 17.3. The number of hydrogen-bond acceptors (Lipinski definition) is 2. The lowest BCUT2D eigenvalue weighted by Gasteiger charge is -2.29. The van der Waals surface area contributed by atoms with Crippen LogP contribution in [-0.4, -0.2) is 25.6 Å². The molecule has 3 N–H and O–H groups in total. The van der Waals surface area contributed by atoms with Crippen molar-refractivity contribution < 1.29 is 0 Å². The van der Waals surface area contributed by atoms with E-state index < -0.39 is 5.66 Å². The SMILES string of the molecule is C/C=C\c1c(C)[nH]c2ccccc12.C=C.C=C/C=C(\C=C/N1CC/C(n2c3ccccc3c3ccccc32)=C\C(=C)c2ccccc21)NC1(n2c(CCC)c(C=C)c3ccccc32)c2ccc3ccccc3c21.C=C/C=C\C=C/C.CC.CC.CC.c1ccc2c(c1)[nH]c1ccccc12. The Morgan fingerprint density at radius 1 is 0.545 bits per heavy atom. The van der Waals surface area contributed by atoms with Gasteiger partial charge in [0.05, 0.1) is 16.6 Å². The summed E-state index contributed by atoms with van der Waals surface area (Å²) in [7, 11) is 0. The smallest absolute Gasteiger partial charge is 0.169 e. The average molecular weight is 1300 g/mol. The lowest BCUT2D eigenvalue weighted by atomic mass is 10.00. The highest BCUT2D eigenvalue weighted by atomic mass is 15.3. The molecule has 2 aliphatic rings. The Kier molecular flexibility index (Phi) is 26.8. The summed E-state index contributed by atoms with van der Waals surface area (Å²) in [5.74, 6) is 0. The standard InChI is InChI=1S/C54H46N4.C12H9N.C12H13N.C7H10.3C2H6.C2H4/c1-5-18-39(55-54(47-31-30-38-20-8-9-22-43(38)53(47)54)58-51(19-6-2)41(7-3)44-23-13-17-29-52(44)58)32-34-56-35-33-40(36-37(4)42-21-10-14-26-48(42)56)57-49-27-15-11-24-45(49)46-25-12-16-28-50(46)57;1-3-7-11-9(5-1)10-6-2-4-8-12(10)13-11;1-3-6-10-9(2)13-12-8-5-4-7-11(10)12;1-3-5-7-6-4-2;4*1-2/h5,7-18,20-32,34,36,55H,1,3-4,6,19,33,35H2,2H3;1-8,13H;3-8,13H,1-2H3;3-7H,1H2,2H3;3*1-2H3;1-2H2/b34-32-,39-18+,40-36+;;6-3-;6-4-,7-5-;;;;. The van der Waals surface area contributed by atoms with Gasteiger partial charge in [-0.15, -0.1) is 13.2 Å². The van der Waals surface area contributed by atoms with Crippen molar-refractivity contribution >= 4 is 105 Å². The van der Waals surface area contributed by atoms with Crippen molar-refractivity contribution in [2.75, 3.05) is 11.4 Å². The molecule has 0 spiro atoms. The second-order valence-corrected chi connectivity index (χ2v) is 22.9. The zero-order chi connectivity index (χ0) is 70.8. The number of allylic oxidation sites excluding steroid dienone is 11. The normalized spacial score (nSPS) is 14.3. The third-order valence-corrected chi connectivity index (χ3v) is 17.3. The molecule has 1 aliphatic heterocycles. The van der Waals surface area contributed by atoms with Gasteiger partial charge in [-0.25, -0.2) is 0 Å². The molecule has 0 saturated carbocycles. The molecule has 1 unspecified atom stereocenters. The van der Waals surface area contributed by atoms with Crippen LogP contribution in [0.5, 0.6) is 0 Å². The Bertz CT molecular complexity index is 4990. The number of H-pyrrole nitrogens is 2. The maximum atomic E-state index is 4.64. The monoisotopic (exact) mass is 1300 g/mol. The fourth-order valence-corrected chi connectivity index (χ4v) is 13.4. The molecule has 6 heteroatoms. The molecule has 0 amide bonds. The van der Waals surface area contributed by atoms with Crippen LogP contribution in [0, 0.1) is 6.92 Å². The molecule has 1 atom stereocenters. The number of nitrogens with one attached hydrogen (secondary N) is 3. The summed E-state index contributed by atoms with van der Waals surface area (Å²) in [4.78, 5) is 9.12. The highest BCUT2D eigenvalue weighted by Gasteiger charge is 2.55. The number of aromatic amines is 2. The summed E-state index contributed by atoms with van der Waals surface area (Å²) < 4.78 is 4.99. The number of para-hydroxylation sites is 7. The minimum absolute atomic E-state index is 0.609. The molecule has 0 saturated heterocycles. The van der Waals surface area contributed by atoms with Gasteiger partial charge in [-0.1, -0.05) is 300 Å². The first-order valence-corrected chi connectivity index (χ1v) is 35.1. The van der Waals surface area contributed by atoms with Crippen LogP contribution in [0.1, 0.15) is 114 Å². The first-order chi connectivity index (χ1) is 48.8. The number of rotatable bonds is 13. The van der Waals surface area contributed by atoms with Gasteiger partial charge in [-0.05, 0) is 104 Å². The highest BCUT2D eigenvalue weighted by Crippen LogP contribution is 2.56. The van der Waals surface area contributed by atoms with E-state index in [-0.39, 0.29) is 0 Å². The zero-order valence-electron chi connectivity index (χ0n) is 60.0. The van der Waals surface area contributed by atoms with Crippen LogP contribution in [0.3, 0.4) is 0 Å². The summed E-state index contributed by atoms with van der Waals surface area (Å²) in [6.07, 6.45) is 29.2. The van der Waals surface area contributed by atoms with Crippen molar-refractivity contribution in [1.82, 2.24) is 24.4 Å². The van der Waals surface area contributed by atoms with Gasteiger partial charge in [0.1, 0.15) is 0 Å². The number of aromatic nitrogens is 4. The van der Waals surface area contributed by atoms with E-state index in [4.69, 9.17) is 0 Å². The molecule has 0 bridgehead atoms. The average Bonchev–Trinajstić information content (AvgIpc) is 1.50. The van der Waals surface area contributed by atoms with Crippen molar-refractivity contribution in [3.05, 3.63) is 358 Å². The molecule has 4 aromatic heterocycles. The molecule has 99 heavy (non-hydrogen) atoms. The molecule has 0 fully saturated rings. The molecule has 6 nitrogen and oxygen atoms in total. The lowest BCUT2D eigenvalue weighted by Crippen LogP contribution is -2.38. The maximum Gasteiger partial charge on any atom is 0.169 e. The van der Waals surface area contributed by atoms with E-state index in [1.807, 2.05) is 91.8 Å². The number of hydrogen-bond donors (Lipinski definition) is 3. The van der Waals surface area contributed by atoms with Crippen LogP contribution in [-0.2, 0) is 12.1 Å². The zero-order valence-corrected chi connectivity index (χ0v) is 60.0. The number of benzene rings is 9. The largest absolute Gasteiger partial charge is 0.358 e. The number of fused-ring (bicyclic) bond motifs is 12. The van der Waals surface area contributed by atoms with Crippen molar-refractivity contribution in [3.8, 4) is 0 Å². The van der Waals surface area contributed by atoms with E-state index in [9.17, 15) is 0 Å². The Morgan fingerprint density at radius 3 is 1.67 bits per heavy atom. The summed E-state index contributed by atoms with van der Waals surface area (Å²) in [5, 5.41) is 14.3. The molecule has 0 radical (unpaired) electrons. The second kappa shape index (κ2) is 36.1. The summed E-state index contributed by atoms with van der Waals surface area (Å²) in [6, 6.07) is 73.3. The van der Waals surface area contributed by atoms with Crippen molar-refractivity contribution in [2.45, 2.75) is 94.2 Å². The number of nitrogens with zero attached hydrogens (tertiary/aromatic N) is 3. The van der Waals surface area contributed by atoms with Gasteiger partial charge in [0.25, 0.3) is 0 Å². The molecule has 1 aliphatic carbocycles. The fraction of sp³-hybridized carbons (Fsp3) is 0.161. The van der Waals surface area contributed by atoms with Gasteiger partial charge in [0.2, 0.25) is 0 Å². The van der Waals surface area contributed by atoms with Gasteiger partial charge in [-0.3, -0.25) is 0 Å². The van der Waals surface area contributed by atoms with Crippen LogP contribution < -0.4 is 10.2 Å². The van der Waals surface area contributed by atoms with E-state index in [1.54, 1.807) is 6.08 Å². The van der Waals surface area contributed by atoms with E-state index in [0.717, 1.165) is 48.3 Å². The molecule has 13 aromatic rings. The third kappa shape index (κ3) is 15.6. The quantitative estimate of drug-likeness (QED) is 0.0796. The molecule has 15 rings (SSSR count). The summed E-state index contributed by atoms with van der Waals surface area (Å²) >= 11 is 0. The van der Waals surface area contributed by atoms with Gasteiger partial charge >= 0.3 is 0 Å². The second-order valence-electron chi connectivity index (χ2n) is 22.9. The summed E-state index contributed by atoms with van der Waals surface area (Å²) in [5.41, 5.74) is 19.7. The van der Waals surface area contributed by atoms with E-state index in [2.05, 4.69) is 325 Å². The predicted molar refractivity (Wildman–Crippen MR) is 441 cm³/mol. The van der Waals surface area contributed by atoms with E-state index >= 15 is 0 Å². The predicted octanol–water partition coefficient (Wildman–Crippen LogP) is 26.2. The molecular weight excluding hydrogens is 1200 g/mol. The van der Waals surface area contributed by atoms with Crippen LogP contribution >= 0.6 is 0 Å². The van der Waals surface area contributed by atoms with E-state index in [0.29, 0.717) is 0 Å². The van der Waals surface area contributed by atoms with Crippen molar-refractivity contribution in [1.29, 1.82) is 0 Å². The molecular formula is C93H100N6. The Balaban J connectivity index is 0.000000245. The highest BCUT2D eigenvalue weighted by molar-refractivity contribution is 6.11. The van der Waals surface area contributed by atoms with Crippen LogP contribution in [0.4, 0.5) is 5.69 Å². The fourth-order valence-electron chi connectivity index (χ4n) is 13.4. The number of aryl methyl sites for hydroxylation is 1. The van der Waals surface area contributed by atoms with Gasteiger partial charge in [0, 0.05) is 124 Å². The van der Waals surface area contributed by atoms with Crippen LogP contribution in [0.2, 0.25) is 0 Å². The first-order valence-electron chi connectivity index (χ1n) is 35.1. The van der Waals surface area contributed by atoms with Gasteiger partial charge in [-0.2, -0.15) is 0 Å². The minimum atomic E-state index is -0.609. The van der Waals surface area contributed by atoms with Gasteiger partial charge in [0.15, 0.2) is 5.66 Å². The summed E-state index contributed by atoms with van der Waals surface area (Å²) in [6.45, 7) is 43.8. The van der Waals surface area contributed by atoms with Crippen molar-refractivity contribution in [2.24, 2.45) is 0 Å². The Labute approximate surface area is 589 Å². The topological polar surface area (TPSA) is 56.7 Å². The van der Waals surface area contributed by atoms with Crippen LogP contribution in [0.25, 0.3) is 99.6 Å². The molecule has 502 valence electrons. The minimum Gasteiger partial charge on any atom is -0.358 e. The first kappa shape index (κ1) is 73.5. The lowest BCUT2D eigenvalue weighted by molar-refractivity contribution is 0.461. The molecule has 5 heterocycles. The Hall–Kier alpha value is -11.3.